The molecule has 3 heteroatoms. The highest BCUT2D eigenvalue weighted by molar-refractivity contribution is 5.82. The van der Waals surface area contributed by atoms with Gasteiger partial charge < -0.3 is 10.2 Å². The van der Waals surface area contributed by atoms with E-state index in [-0.39, 0.29) is 6.04 Å². The summed E-state index contributed by atoms with van der Waals surface area (Å²) in [5, 5.41) is 3.52. The van der Waals surface area contributed by atoms with E-state index in [9.17, 15) is 4.79 Å². The smallest absolute Gasteiger partial charge is 0.239 e. The van der Waals surface area contributed by atoms with Crippen molar-refractivity contribution in [3.05, 3.63) is 0 Å². The Balaban J connectivity index is 1.51. The third-order valence-electron chi connectivity index (χ3n) is 4.75. The average Bonchev–Trinajstić information content (AvgIpc) is 3.20. The molecule has 0 aromatic carbocycles. The first-order valence-corrected chi connectivity index (χ1v) is 7.88. The molecule has 0 spiro atoms. The Kier molecular flexibility index (Phi) is 3.88. The Morgan fingerprint density at radius 1 is 1.00 bits per heavy atom. The first-order chi connectivity index (χ1) is 8.83. The quantitative estimate of drug-likeness (QED) is 0.830. The number of hydrogen-bond acceptors (Lipinski definition) is 2. The summed E-state index contributed by atoms with van der Waals surface area (Å²) < 4.78 is 0. The molecule has 0 bridgehead atoms. The van der Waals surface area contributed by atoms with Crippen LogP contribution in [0.4, 0.5) is 0 Å². The molecule has 2 aliphatic carbocycles. The summed E-state index contributed by atoms with van der Waals surface area (Å²) in [5.74, 6) is 1.17. The Labute approximate surface area is 110 Å². The van der Waals surface area contributed by atoms with E-state index in [2.05, 4.69) is 10.2 Å². The molecule has 0 aromatic rings. The predicted octanol–water partition coefficient (Wildman–Crippen LogP) is 2.31. The molecule has 0 radical (unpaired) electrons. The number of amides is 1. The summed E-state index contributed by atoms with van der Waals surface area (Å²) in [7, 11) is 0. The van der Waals surface area contributed by atoms with Crippen LogP contribution in [0, 0.1) is 5.92 Å². The third kappa shape index (κ3) is 3.05. The molecule has 0 aromatic heterocycles. The van der Waals surface area contributed by atoms with Gasteiger partial charge in [0.15, 0.2) is 0 Å². The van der Waals surface area contributed by atoms with Crippen LogP contribution in [-0.2, 0) is 4.79 Å². The maximum Gasteiger partial charge on any atom is 0.239 e. The fourth-order valence-corrected chi connectivity index (χ4v) is 3.49. The molecule has 1 amide bonds. The van der Waals surface area contributed by atoms with Gasteiger partial charge in [-0.25, -0.2) is 0 Å². The molecular weight excluding hydrogens is 224 g/mol. The minimum absolute atomic E-state index is 0.134. The van der Waals surface area contributed by atoms with Gasteiger partial charge in [-0.2, -0.15) is 0 Å². The SMILES string of the molecule is O=C1C(NC2CC2)CCCN1CC1CCCCC1. The number of rotatable bonds is 4. The van der Waals surface area contributed by atoms with Gasteiger partial charge in [0.1, 0.15) is 0 Å². The van der Waals surface area contributed by atoms with E-state index < -0.39 is 0 Å². The molecule has 3 fully saturated rings. The van der Waals surface area contributed by atoms with Crippen molar-refractivity contribution in [3.63, 3.8) is 0 Å². The van der Waals surface area contributed by atoms with Crippen molar-refractivity contribution in [1.29, 1.82) is 0 Å². The number of likely N-dealkylation sites (tertiary alicyclic amines) is 1. The zero-order valence-electron chi connectivity index (χ0n) is 11.4. The van der Waals surface area contributed by atoms with E-state index in [1.807, 2.05) is 0 Å². The monoisotopic (exact) mass is 250 g/mol. The fraction of sp³-hybridized carbons (Fsp3) is 0.933. The van der Waals surface area contributed by atoms with Crippen molar-refractivity contribution in [3.8, 4) is 0 Å². The first kappa shape index (κ1) is 12.5. The molecule has 1 N–H and O–H groups in total. The summed E-state index contributed by atoms with van der Waals surface area (Å²) in [6, 6.07) is 0.781. The van der Waals surface area contributed by atoms with E-state index in [4.69, 9.17) is 0 Å². The standard InChI is InChI=1S/C15H26N2O/c18-15-14(16-13-8-9-13)7-4-10-17(15)11-12-5-2-1-3-6-12/h12-14,16H,1-11H2. The van der Waals surface area contributed by atoms with Gasteiger partial charge in [-0.3, -0.25) is 4.79 Å². The van der Waals surface area contributed by atoms with Gasteiger partial charge >= 0.3 is 0 Å². The molecule has 102 valence electrons. The summed E-state index contributed by atoms with van der Waals surface area (Å²) in [4.78, 5) is 14.6. The van der Waals surface area contributed by atoms with Crippen LogP contribution in [0.2, 0.25) is 0 Å². The molecule has 1 unspecified atom stereocenters. The minimum atomic E-state index is 0.134. The van der Waals surface area contributed by atoms with Crippen molar-refractivity contribution >= 4 is 5.91 Å². The lowest BCUT2D eigenvalue weighted by atomic mass is 9.88. The molecular formula is C15H26N2O. The molecule has 1 atom stereocenters. The number of carbonyl (C=O) groups excluding carboxylic acids is 1. The molecule has 1 aliphatic heterocycles. The number of nitrogens with zero attached hydrogens (tertiary/aromatic N) is 1. The van der Waals surface area contributed by atoms with Gasteiger partial charge in [0.25, 0.3) is 0 Å². The number of carbonyl (C=O) groups is 1. The van der Waals surface area contributed by atoms with Crippen molar-refractivity contribution in [2.24, 2.45) is 5.92 Å². The van der Waals surface area contributed by atoms with Crippen LogP contribution in [0.3, 0.4) is 0 Å². The summed E-state index contributed by atoms with van der Waals surface area (Å²) in [6.07, 6.45) is 11.6. The molecule has 18 heavy (non-hydrogen) atoms. The molecule has 3 nitrogen and oxygen atoms in total. The van der Waals surface area contributed by atoms with Gasteiger partial charge in [-0.05, 0) is 44.4 Å². The zero-order chi connectivity index (χ0) is 12.4. The van der Waals surface area contributed by atoms with E-state index in [0.717, 1.165) is 25.4 Å². The van der Waals surface area contributed by atoms with Crippen LogP contribution in [0.1, 0.15) is 57.8 Å². The lowest BCUT2D eigenvalue weighted by Gasteiger charge is -2.36. The van der Waals surface area contributed by atoms with Crippen molar-refractivity contribution in [2.75, 3.05) is 13.1 Å². The highest BCUT2D eigenvalue weighted by Crippen LogP contribution is 2.27. The highest BCUT2D eigenvalue weighted by atomic mass is 16.2. The van der Waals surface area contributed by atoms with Crippen molar-refractivity contribution in [1.82, 2.24) is 10.2 Å². The Bertz CT molecular complexity index is 295. The first-order valence-electron chi connectivity index (χ1n) is 7.88. The second kappa shape index (κ2) is 5.60. The maximum atomic E-state index is 12.4. The predicted molar refractivity (Wildman–Crippen MR) is 72.3 cm³/mol. The van der Waals surface area contributed by atoms with Crippen molar-refractivity contribution in [2.45, 2.75) is 69.9 Å². The molecule has 1 heterocycles. The minimum Gasteiger partial charge on any atom is -0.341 e. The number of hydrogen-bond donors (Lipinski definition) is 1. The van der Waals surface area contributed by atoms with Crippen LogP contribution in [0.25, 0.3) is 0 Å². The van der Waals surface area contributed by atoms with Gasteiger partial charge in [0.2, 0.25) is 5.91 Å². The van der Waals surface area contributed by atoms with E-state index in [1.54, 1.807) is 0 Å². The lowest BCUT2D eigenvalue weighted by Crippen LogP contribution is -2.52. The Hall–Kier alpha value is -0.570. The number of piperidine rings is 1. The second-order valence-corrected chi connectivity index (χ2v) is 6.42. The summed E-state index contributed by atoms with van der Waals surface area (Å²) in [6.45, 7) is 2.03. The molecule has 3 rings (SSSR count). The van der Waals surface area contributed by atoms with Gasteiger partial charge in [-0.15, -0.1) is 0 Å². The maximum absolute atomic E-state index is 12.4. The zero-order valence-corrected chi connectivity index (χ0v) is 11.4. The average molecular weight is 250 g/mol. The lowest BCUT2D eigenvalue weighted by molar-refractivity contribution is -0.136. The summed E-state index contributed by atoms with van der Waals surface area (Å²) >= 11 is 0. The van der Waals surface area contributed by atoms with Gasteiger partial charge in [0.05, 0.1) is 6.04 Å². The Morgan fingerprint density at radius 2 is 1.78 bits per heavy atom. The normalized spacial score (nSPS) is 30.8. The Morgan fingerprint density at radius 3 is 2.50 bits per heavy atom. The molecule has 3 aliphatic rings. The third-order valence-corrected chi connectivity index (χ3v) is 4.75. The largest absolute Gasteiger partial charge is 0.341 e. The van der Waals surface area contributed by atoms with Crippen LogP contribution in [0.15, 0.2) is 0 Å². The van der Waals surface area contributed by atoms with Crippen LogP contribution in [-0.4, -0.2) is 36.0 Å². The fourth-order valence-electron chi connectivity index (χ4n) is 3.49. The van der Waals surface area contributed by atoms with Crippen molar-refractivity contribution < 1.29 is 4.79 Å². The highest BCUT2D eigenvalue weighted by Gasteiger charge is 2.34. The van der Waals surface area contributed by atoms with E-state index >= 15 is 0 Å². The van der Waals surface area contributed by atoms with Crippen LogP contribution >= 0.6 is 0 Å². The van der Waals surface area contributed by atoms with Gasteiger partial charge in [0, 0.05) is 19.1 Å². The van der Waals surface area contributed by atoms with E-state index in [1.165, 1.54) is 51.4 Å². The summed E-state index contributed by atoms with van der Waals surface area (Å²) in [5.41, 5.74) is 0. The van der Waals surface area contributed by atoms with Crippen LogP contribution < -0.4 is 5.32 Å². The number of nitrogens with one attached hydrogen (secondary N) is 1. The topological polar surface area (TPSA) is 32.3 Å². The van der Waals surface area contributed by atoms with Crippen LogP contribution in [0.5, 0.6) is 0 Å². The molecule has 1 saturated heterocycles. The second-order valence-electron chi connectivity index (χ2n) is 6.42. The molecule has 2 saturated carbocycles. The van der Waals surface area contributed by atoms with E-state index in [0.29, 0.717) is 11.9 Å². The van der Waals surface area contributed by atoms with Gasteiger partial charge in [-0.1, -0.05) is 19.3 Å².